The standard InChI is InChI=1S/C20H31P.H2/c1-13-2-15-3-14(1)8-19(7-13,9-15)21-20-10-16-4-17(11-20)6-18(5-16)12-20;/h13-18,21H,1-12H2;1H. The fourth-order valence-corrected chi connectivity index (χ4v) is 12.6. The van der Waals surface area contributed by atoms with E-state index in [4.69, 9.17) is 0 Å². The summed E-state index contributed by atoms with van der Waals surface area (Å²) in [6.45, 7) is 0. The van der Waals surface area contributed by atoms with Crippen molar-refractivity contribution in [1.29, 1.82) is 0 Å². The van der Waals surface area contributed by atoms with E-state index in [1.54, 1.807) is 77.0 Å². The zero-order chi connectivity index (χ0) is 13.7. The molecule has 8 aliphatic rings. The lowest BCUT2D eigenvalue weighted by Gasteiger charge is -2.63. The van der Waals surface area contributed by atoms with E-state index in [0.717, 1.165) is 45.8 Å². The summed E-state index contributed by atoms with van der Waals surface area (Å²) in [7, 11) is 1.38. The SMILES string of the molecule is C1C2CC3CC1CC(PC14CC5CC(CC(C5)C1)C4)(C2)C3.[HH]. The quantitative estimate of drug-likeness (QED) is 0.561. The second-order valence-electron chi connectivity index (χ2n) is 10.5. The van der Waals surface area contributed by atoms with E-state index in [0.29, 0.717) is 0 Å². The summed E-state index contributed by atoms with van der Waals surface area (Å²) >= 11 is 0. The van der Waals surface area contributed by atoms with E-state index in [-0.39, 0.29) is 1.43 Å². The van der Waals surface area contributed by atoms with Crippen molar-refractivity contribution in [3.05, 3.63) is 0 Å². The van der Waals surface area contributed by atoms with Crippen LogP contribution in [0.5, 0.6) is 0 Å². The Kier molecular flexibility index (Phi) is 2.49. The molecule has 0 unspecified atom stereocenters. The van der Waals surface area contributed by atoms with E-state index in [9.17, 15) is 0 Å². The molecule has 8 bridgehead atoms. The zero-order valence-electron chi connectivity index (χ0n) is 13.4. The summed E-state index contributed by atoms with van der Waals surface area (Å²) < 4.78 is 0. The number of rotatable bonds is 2. The summed E-state index contributed by atoms with van der Waals surface area (Å²) in [5, 5.41) is 1.75. The highest BCUT2D eigenvalue weighted by molar-refractivity contribution is 7.42. The molecule has 0 amide bonds. The van der Waals surface area contributed by atoms with Crippen molar-refractivity contribution < 1.29 is 1.43 Å². The Labute approximate surface area is 133 Å². The van der Waals surface area contributed by atoms with Crippen LogP contribution in [0.25, 0.3) is 0 Å². The van der Waals surface area contributed by atoms with Gasteiger partial charge in [0, 0.05) is 1.43 Å². The summed E-state index contributed by atoms with van der Waals surface area (Å²) in [6.07, 6.45) is 19.8. The molecular formula is C20H33P. The molecule has 8 saturated carbocycles. The summed E-state index contributed by atoms with van der Waals surface area (Å²) in [5.74, 6) is 6.99. The highest BCUT2D eigenvalue weighted by Gasteiger charge is 2.57. The Bertz CT molecular complexity index is 358. The maximum atomic E-state index is 1.67. The van der Waals surface area contributed by atoms with E-state index in [1.165, 1.54) is 8.58 Å². The van der Waals surface area contributed by atoms with Crippen LogP contribution < -0.4 is 0 Å². The first kappa shape index (κ1) is 12.8. The number of hydrogen-bond donors (Lipinski definition) is 0. The molecule has 8 rings (SSSR count). The van der Waals surface area contributed by atoms with Gasteiger partial charge in [0.15, 0.2) is 0 Å². The monoisotopic (exact) mass is 304 g/mol. The molecule has 21 heavy (non-hydrogen) atoms. The van der Waals surface area contributed by atoms with Crippen LogP contribution in [0.4, 0.5) is 0 Å². The molecule has 0 aromatic rings. The highest BCUT2D eigenvalue weighted by Crippen LogP contribution is 2.71. The van der Waals surface area contributed by atoms with E-state index < -0.39 is 0 Å². The van der Waals surface area contributed by atoms with Crippen LogP contribution in [0.2, 0.25) is 0 Å². The fraction of sp³-hybridized carbons (Fsp3) is 1.00. The molecule has 0 aromatic heterocycles. The van der Waals surface area contributed by atoms with Crippen molar-refractivity contribution in [1.82, 2.24) is 0 Å². The molecule has 0 radical (unpaired) electrons. The third-order valence-electron chi connectivity index (χ3n) is 8.61. The Morgan fingerprint density at radius 2 is 0.714 bits per heavy atom. The average Bonchev–Trinajstić information content (AvgIpc) is 2.33. The van der Waals surface area contributed by atoms with E-state index in [2.05, 4.69) is 0 Å². The van der Waals surface area contributed by atoms with Gasteiger partial charge in [-0.15, -0.1) is 8.58 Å². The zero-order valence-corrected chi connectivity index (χ0v) is 14.4. The molecule has 0 aromatic carbocycles. The van der Waals surface area contributed by atoms with Crippen molar-refractivity contribution in [3.8, 4) is 0 Å². The van der Waals surface area contributed by atoms with Gasteiger partial charge in [-0.2, -0.15) is 0 Å². The Hall–Kier alpha value is 0.430. The summed E-state index contributed by atoms with van der Waals surface area (Å²) in [6, 6.07) is 0. The summed E-state index contributed by atoms with van der Waals surface area (Å²) in [4.78, 5) is 0. The maximum Gasteiger partial charge on any atom is 0 e. The average molecular weight is 304 g/mol. The minimum Gasteiger partial charge on any atom is -0.109 e. The molecule has 0 aliphatic heterocycles. The predicted molar refractivity (Wildman–Crippen MR) is 92.2 cm³/mol. The molecule has 1 heteroatoms. The molecule has 0 spiro atoms. The van der Waals surface area contributed by atoms with Crippen LogP contribution in [0.3, 0.4) is 0 Å². The molecule has 0 saturated heterocycles. The Morgan fingerprint density at radius 3 is 0.952 bits per heavy atom. The van der Waals surface area contributed by atoms with Gasteiger partial charge >= 0.3 is 0 Å². The third kappa shape index (κ3) is 1.90. The molecule has 0 heterocycles. The largest absolute Gasteiger partial charge is 0.109 e. The molecule has 8 fully saturated rings. The lowest BCUT2D eigenvalue weighted by atomic mass is 9.55. The van der Waals surface area contributed by atoms with Gasteiger partial charge in [-0.25, -0.2) is 0 Å². The fourth-order valence-electron chi connectivity index (χ4n) is 9.09. The minimum absolute atomic E-state index is 0. The lowest BCUT2D eigenvalue weighted by Crippen LogP contribution is -2.53. The van der Waals surface area contributed by atoms with Gasteiger partial charge in [0.05, 0.1) is 0 Å². The normalized spacial score (nSPS) is 64.0. The van der Waals surface area contributed by atoms with Gasteiger partial charge in [-0.3, -0.25) is 0 Å². The summed E-state index contributed by atoms with van der Waals surface area (Å²) in [5.41, 5.74) is 0. The molecule has 0 nitrogen and oxygen atoms in total. The van der Waals surface area contributed by atoms with Crippen LogP contribution in [0.1, 0.15) is 78.5 Å². The van der Waals surface area contributed by atoms with Crippen molar-refractivity contribution in [3.63, 3.8) is 0 Å². The van der Waals surface area contributed by atoms with Gasteiger partial charge in [-0.1, -0.05) is 0 Å². The van der Waals surface area contributed by atoms with Gasteiger partial charge < -0.3 is 0 Å². The second kappa shape index (κ2) is 4.09. The highest BCUT2D eigenvalue weighted by atomic mass is 31.1. The van der Waals surface area contributed by atoms with Crippen LogP contribution >= 0.6 is 8.58 Å². The van der Waals surface area contributed by atoms with Crippen LogP contribution in [0.15, 0.2) is 0 Å². The van der Waals surface area contributed by atoms with E-state index in [1.807, 2.05) is 0 Å². The van der Waals surface area contributed by atoms with Crippen molar-refractivity contribution in [2.24, 2.45) is 35.5 Å². The lowest BCUT2D eigenvalue weighted by molar-refractivity contribution is 0.0210. The first-order valence-electron chi connectivity index (χ1n) is 9.97. The molecule has 0 atom stereocenters. The minimum atomic E-state index is 0. The van der Waals surface area contributed by atoms with Gasteiger partial charge in [-0.05, 0) is 123 Å². The Balaban J connectivity index is 0.00000113. The first-order valence-corrected chi connectivity index (χ1v) is 11.0. The van der Waals surface area contributed by atoms with Crippen LogP contribution in [0, 0.1) is 35.5 Å². The first-order chi connectivity index (χ1) is 10.2. The molecule has 8 aliphatic carbocycles. The Morgan fingerprint density at radius 1 is 0.476 bits per heavy atom. The van der Waals surface area contributed by atoms with Crippen LogP contribution in [-0.2, 0) is 0 Å². The smallest absolute Gasteiger partial charge is 0 e. The predicted octanol–water partition coefficient (Wildman–Crippen LogP) is 5.85. The van der Waals surface area contributed by atoms with Gasteiger partial charge in [0.1, 0.15) is 0 Å². The molecular weight excluding hydrogens is 271 g/mol. The number of hydrogen-bond acceptors (Lipinski definition) is 0. The molecule has 118 valence electrons. The third-order valence-corrected chi connectivity index (χ3v) is 10.9. The van der Waals surface area contributed by atoms with Gasteiger partial charge in [0.2, 0.25) is 0 Å². The second-order valence-corrected chi connectivity index (χ2v) is 12.9. The van der Waals surface area contributed by atoms with Crippen molar-refractivity contribution in [2.45, 2.75) is 87.4 Å². The van der Waals surface area contributed by atoms with Gasteiger partial charge in [0.25, 0.3) is 0 Å². The molecule has 0 N–H and O–H groups in total. The van der Waals surface area contributed by atoms with Crippen LogP contribution in [-0.4, -0.2) is 10.3 Å². The van der Waals surface area contributed by atoms with E-state index >= 15 is 0 Å². The maximum absolute atomic E-state index is 1.67. The van der Waals surface area contributed by atoms with Crippen molar-refractivity contribution >= 4 is 8.58 Å². The van der Waals surface area contributed by atoms with Crippen molar-refractivity contribution in [2.75, 3.05) is 0 Å². The topological polar surface area (TPSA) is 0 Å².